The highest BCUT2D eigenvalue weighted by Gasteiger charge is 2.10. The summed E-state index contributed by atoms with van der Waals surface area (Å²) in [5, 5.41) is 2.95. The zero-order valence-corrected chi connectivity index (χ0v) is 12.4. The summed E-state index contributed by atoms with van der Waals surface area (Å²) in [4.78, 5) is 12.3. The molecule has 0 saturated carbocycles. The van der Waals surface area contributed by atoms with Crippen LogP contribution >= 0.6 is 0 Å². The highest BCUT2D eigenvalue weighted by molar-refractivity contribution is 6.05. The number of hydrogen-bond donors (Lipinski definition) is 2. The molecule has 0 heterocycles. The van der Waals surface area contributed by atoms with E-state index in [4.69, 9.17) is 5.73 Å². The van der Waals surface area contributed by atoms with Crippen molar-refractivity contribution < 1.29 is 4.79 Å². The molecule has 2 aromatic rings. The van der Waals surface area contributed by atoms with Gasteiger partial charge in [0.05, 0.1) is 0 Å². The lowest BCUT2D eigenvalue weighted by Crippen LogP contribution is -2.13. The van der Waals surface area contributed by atoms with Crippen LogP contribution in [0.25, 0.3) is 0 Å². The Hall–Kier alpha value is -2.29. The molecular formula is C17H20N2O. The average Bonchev–Trinajstić information content (AvgIpc) is 2.34. The Morgan fingerprint density at radius 2 is 1.50 bits per heavy atom. The monoisotopic (exact) mass is 268 g/mol. The third-order valence-corrected chi connectivity index (χ3v) is 3.35. The minimum Gasteiger partial charge on any atom is -0.399 e. The predicted molar refractivity (Wildman–Crippen MR) is 84.2 cm³/mol. The third kappa shape index (κ3) is 2.99. The van der Waals surface area contributed by atoms with Gasteiger partial charge in [0, 0.05) is 16.9 Å². The summed E-state index contributed by atoms with van der Waals surface area (Å²) in [5.41, 5.74) is 12.2. The second-order valence-electron chi connectivity index (χ2n) is 5.35. The highest BCUT2D eigenvalue weighted by atomic mass is 16.1. The van der Waals surface area contributed by atoms with E-state index in [1.807, 2.05) is 52.0 Å². The summed E-state index contributed by atoms with van der Waals surface area (Å²) >= 11 is 0. The average molecular weight is 268 g/mol. The maximum Gasteiger partial charge on any atom is 0.255 e. The number of amides is 1. The molecule has 3 N–H and O–H groups in total. The van der Waals surface area contributed by atoms with Gasteiger partial charge >= 0.3 is 0 Å². The minimum absolute atomic E-state index is 0.0935. The Morgan fingerprint density at radius 3 is 2.10 bits per heavy atom. The smallest absolute Gasteiger partial charge is 0.255 e. The summed E-state index contributed by atoms with van der Waals surface area (Å²) in [5.74, 6) is -0.0935. The molecule has 104 valence electrons. The molecule has 0 spiro atoms. The number of anilines is 2. The number of nitrogens with two attached hydrogens (primary N) is 1. The first-order valence-corrected chi connectivity index (χ1v) is 6.63. The fraction of sp³-hybridized carbons (Fsp3) is 0.235. The van der Waals surface area contributed by atoms with E-state index < -0.39 is 0 Å². The van der Waals surface area contributed by atoms with Crippen LogP contribution in [0.15, 0.2) is 30.3 Å². The zero-order chi connectivity index (χ0) is 14.9. The molecule has 0 aromatic heterocycles. The minimum atomic E-state index is -0.0935. The van der Waals surface area contributed by atoms with Gasteiger partial charge in [-0.25, -0.2) is 0 Å². The van der Waals surface area contributed by atoms with Gasteiger partial charge in [-0.15, -0.1) is 0 Å². The van der Waals surface area contributed by atoms with Crippen LogP contribution in [0.1, 0.15) is 32.6 Å². The predicted octanol–water partition coefficient (Wildman–Crippen LogP) is 3.75. The summed E-state index contributed by atoms with van der Waals surface area (Å²) in [6, 6.07) is 9.62. The van der Waals surface area contributed by atoms with Crippen LogP contribution in [0.2, 0.25) is 0 Å². The molecule has 0 aliphatic rings. The molecule has 3 heteroatoms. The summed E-state index contributed by atoms with van der Waals surface area (Å²) in [6.07, 6.45) is 0. The van der Waals surface area contributed by atoms with Gasteiger partial charge < -0.3 is 11.1 Å². The Labute approximate surface area is 119 Å². The van der Waals surface area contributed by atoms with Crippen molar-refractivity contribution in [2.75, 3.05) is 11.1 Å². The van der Waals surface area contributed by atoms with Gasteiger partial charge in [-0.1, -0.05) is 17.2 Å². The van der Waals surface area contributed by atoms with Crippen molar-refractivity contribution in [3.63, 3.8) is 0 Å². The van der Waals surface area contributed by atoms with Gasteiger partial charge in [-0.2, -0.15) is 0 Å². The number of rotatable bonds is 2. The van der Waals surface area contributed by atoms with Crippen LogP contribution in [-0.2, 0) is 0 Å². The number of nitrogen functional groups attached to an aromatic ring is 1. The van der Waals surface area contributed by atoms with Gasteiger partial charge in [0.25, 0.3) is 5.91 Å². The summed E-state index contributed by atoms with van der Waals surface area (Å²) in [6.45, 7) is 7.85. The molecule has 0 bridgehead atoms. The van der Waals surface area contributed by atoms with Crippen molar-refractivity contribution in [1.82, 2.24) is 0 Å². The zero-order valence-electron chi connectivity index (χ0n) is 12.4. The van der Waals surface area contributed by atoms with Crippen LogP contribution in [0.3, 0.4) is 0 Å². The molecule has 0 aliphatic heterocycles. The SMILES string of the molecule is Cc1cc(C)cc(C(=O)Nc2cc(C)c(N)cc2C)c1. The van der Waals surface area contributed by atoms with Crippen LogP contribution in [-0.4, -0.2) is 5.91 Å². The fourth-order valence-electron chi connectivity index (χ4n) is 2.27. The standard InChI is InChI=1S/C17H20N2O/c1-10-5-11(2)7-14(6-10)17(20)19-16-9-12(3)15(18)8-13(16)4/h5-9H,18H2,1-4H3,(H,19,20). The van der Waals surface area contributed by atoms with Crippen LogP contribution in [0.5, 0.6) is 0 Å². The van der Waals surface area contributed by atoms with E-state index in [1.54, 1.807) is 0 Å². The van der Waals surface area contributed by atoms with E-state index >= 15 is 0 Å². The van der Waals surface area contributed by atoms with Crippen molar-refractivity contribution in [1.29, 1.82) is 0 Å². The molecule has 2 aromatic carbocycles. The molecule has 20 heavy (non-hydrogen) atoms. The first kappa shape index (κ1) is 14.1. The number of carbonyl (C=O) groups is 1. The lowest BCUT2D eigenvalue weighted by atomic mass is 10.1. The van der Waals surface area contributed by atoms with Crippen molar-refractivity contribution >= 4 is 17.3 Å². The van der Waals surface area contributed by atoms with Crippen LogP contribution < -0.4 is 11.1 Å². The number of benzene rings is 2. The normalized spacial score (nSPS) is 10.4. The van der Waals surface area contributed by atoms with Crippen molar-refractivity contribution in [2.45, 2.75) is 27.7 Å². The Balaban J connectivity index is 2.30. The second-order valence-corrected chi connectivity index (χ2v) is 5.35. The van der Waals surface area contributed by atoms with Crippen molar-refractivity contribution in [2.24, 2.45) is 0 Å². The topological polar surface area (TPSA) is 55.1 Å². The van der Waals surface area contributed by atoms with Crippen LogP contribution in [0.4, 0.5) is 11.4 Å². The first-order valence-electron chi connectivity index (χ1n) is 6.63. The molecule has 0 radical (unpaired) electrons. The van der Waals surface area contributed by atoms with Crippen molar-refractivity contribution in [3.8, 4) is 0 Å². The van der Waals surface area contributed by atoms with Gasteiger partial charge in [0.15, 0.2) is 0 Å². The first-order chi connectivity index (χ1) is 9.36. The van der Waals surface area contributed by atoms with E-state index in [9.17, 15) is 4.79 Å². The summed E-state index contributed by atoms with van der Waals surface area (Å²) < 4.78 is 0. The maximum absolute atomic E-state index is 12.3. The van der Waals surface area contributed by atoms with E-state index in [0.717, 1.165) is 33.6 Å². The Kier molecular flexibility index (Phi) is 3.79. The lowest BCUT2D eigenvalue weighted by molar-refractivity contribution is 0.102. The number of nitrogens with one attached hydrogen (secondary N) is 1. The quantitative estimate of drug-likeness (QED) is 0.815. The van der Waals surface area contributed by atoms with Gasteiger partial charge in [0.2, 0.25) is 0 Å². The molecule has 0 saturated heterocycles. The van der Waals surface area contributed by atoms with Gasteiger partial charge in [-0.05, 0) is 63.1 Å². The fourth-order valence-corrected chi connectivity index (χ4v) is 2.27. The Morgan fingerprint density at radius 1 is 0.900 bits per heavy atom. The van der Waals surface area contributed by atoms with Gasteiger partial charge in [0.1, 0.15) is 0 Å². The maximum atomic E-state index is 12.3. The van der Waals surface area contributed by atoms with E-state index in [0.29, 0.717) is 5.56 Å². The molecule has 0 atom stereocenters. The second kappa shape index (κ2) is 5.37. The molecular weight excluding hydrogens is 248 g/mol. The molecule has 3 nitrogen and oxygen atoms in total. The van der Waals surface area contributed by atoms with Crippen LogP contribution in [0, 0.1) is 27.7 Å². The molecule has 0 aliphatic carbocycles. The number of carbonyl (C=O) groups excluding carboxylic acids is 1. The third-order valence-electron chi connectivity index (χ3n) is 3.35. The lowest BCUT2D eigenvalue weighted by Gasteiger charge is -2.12. The number of aryl methyl sites for hydroxylation is 4. The van der Waals surface area contributed by atoms with Crippen molar-refractivity contribution in [3.05, 3.63) is 58.1 Å². The highest BCUT2D eigenvalue weighted by Crippen LogP contribution is 2.23. The van der Waals surface area contributed by atoms with E-state index in [-0.39, 0.29) is 5.91 Å². The molecule has 0 fully saturated rings. The molecule has 2 rings (SSSR count). The van der Waals surface area contributed by atoms with E-state index in [1.165, 1.54) is 0 Å². The largest absolute Gasteiger partial charge is 0.399 e. The number of hydrogen-bond acceptors (Lipinski definition) is 2. The molecule has 0 unspecified atom stereocenters. The Bertz CT molecular complexity index is 655. The van der Waals surface area contributed by atoms with E-state index in [2.05, 4.69) is 11.4 Å². The molecule has 1 amide bonds. The van der Waals surface area contributed by atoms with Gasteiger partial charge in [-0.3, -0.25) is 4.79 Å². The summed E-state index contributed by atoms with van der Waals surface area (Å²) in [7, 11) is 0.